The van der Waals surface area contributed by atoms with Gasteiger partial charge in [0.1, 0.15) is 5.01 Å². The fraction of sp³-hybridized carbons (Fsp3) is 0.667. The highest BCUT2D eigenvalue weighted by atomic mass is 32.1. The average molecular weight is 309 g/mol. The highest BCUT2D eigenvalue weighted by Gasteiger charge is 2.33. The molecule has 20 heavy (non-hydrogen) atoms. The first-order valence-electron chi connectivity index (χ1n) is 5.99. The van der Waals surface area contributed by atoms with Crippen molar-refractivity contribution in [2.24, 2.45) is 5.41 Å². The summed E-state index contributed by atoms with van der Waals surface area (Å²) in [6.45, 7) is 6.52. The Morgan fingerprint density at radius 1 is 1.40 bits per heavy atom. The van der Waals surface area contributed by atoms with E-state index in [2.05, 4.69) is 10.3 Å². The first-order valence-corrected chi connectivity index (χ1v) is 6.87. The largest absolute Gasteiger partial charge is 0.434 e. The molecule has 1 N–H and O–H groups in total. The second-order valence-corrected chi connectivity index (χ2v) is 6.64. The Kier molecular flexibility index (Phi) is 5.01. The second kappa shape index (κ2) is 5.99. The van der Waals surface area contributed by atoms with E-state index in [4.69, 9.17) is 0 Å². The van der Waals surface area contributed by atoms with Gasteiger partial charge in [0, 0.05) is 19.0 Å². The van der Waals surface area contributed by atoms with Gasteiger partial charge in [0.25, 0.3) is 0 Å². The summed E-state index contributed by atoms with van der Waals surface area (Å²) in [5, 5.41) is 3.73. The minimum absolute atomic E-state index is 0.00589. The molecule has 1 aromatic rings. The fourth-order valence-corrected chi connectivity index (χ4v) is 2.33. The standard InChI is InChI=1S/C12H18F3N3OS/c1-11(2,3)7-18(4)10(19)16-5-9-17-8(6-20-9)12(13,14)15/h6H,5,7H2,1-4H3,(H,16,19). The smallest absolute Gasteiger partial charge is 0.331 e. The molecule has 8 heteroatoms. The zero-order valence-electron chi connectivity index (χ0n) is 11.8. The van der Waals surface area contributed by atoms with Crippen LogP contribution in [0.4, 0.5) is 18.0 Å². The molecule has 1 aromatic heterocycles. The second-order valence-electron chi connectivity index (χ2n) is 5.70. The van der Waals surface area contributed by atoms with Crippen LogP contribution in [0.15, 0.2) is 5.38 Å². The van der Waals surface area contributed by atoms with Gasteiger partial charge in [-0.2, -0.15) is 13.2 Å². The van der Waals surface area contributed by atoms with Crippen molar-refractivity contribution >= 4 is 17.4 Å². The van der Waals surface area contributed by atoms with Crippen LogP contribution >= 0.6 is 11.3 Å². The number of amides is 2. The van der Waals surface area contributed by atoms with Crippen molar-refractivity contribution in [3.8, 4) is 0 Å². The normalized spacial score (nSPS) is 12.3. The molecule has 0 aliphatic rings. The number of hydrogen-bond acceptors (Lipinski definition) is 3. The molecule has 0 spiro atoms. The first kappa shape index (κ1) is 16.7. The van der Waals surface area contributed by atoms with Gasteiger partial charge in [-0.1, -0.05) is 20.8 Å². The van der Waals surface area contributed by atoms with Crippen LogP contribution in [0.1, 0.15) is 31.5 Å². The molecule has 4 nitrogen and oxygen atoms in total. The number of alkyl halides is 3. The number of nitrogens with zero attached hydrogens (tertiary/aromatic N) is 2. The van der Waals surface area contributed by atoms with E-state index in [1.807, 2.05) is 20.8 Å². The third-order valence-electron chi connectivity index (χ3n) is 2.29. The molecule has 114 valence electrons. The Balaban J connectivity index is 2.51. The molecule has 0 saturated heterocycles. The number of carbonyl (C=O) groups excluding carboxylic acids is 1. The fourth-order valence-electron chi connectivity index (χ4n) is 1.59. The molecule has 0 aromatic carbocycles. The minimum Gasteiger partial charge on any atom is -0.331 e. The molecule has 2 amide bonds. The van der Waals surface area contributed by atoms with E-state index in [0.29, 0.717) is 6.54 Å². The maximum Gasteiger partial charge on any atom is 0.434 e. The molecule has 0 unspecified atom stereocenters. The maximum atomic E-state index is 12.4. The summed E-state index contributed by atoms with van der Waals surface area (Å²) in [7, 11) is 1.64. The summed E-state index contributed by atoms with van der Waals surface area (Å²) in [6.07, 6.45) is -4.44. The lowest BCUT2D eigenvalue weighted by atomic mass is 9.96. The van der Waals surface area contributed by atoms with Gasteiger partial charge in [-0.15, -0.1) is 11.3 Å². The van der Waals surface area contributed by atoms with E-state index in [9.17, 15) is 18.0 Å². The lowest BCUT2D eigenvalue weighted by molar-refractivity contribution is -0.140. The van der Waals surface area contributed by atoms with Crippen molar-refractivity contribution in [3.05, 3.63) is 16.1 Å². The molecule has 0 radical (unpaired) electrons. The zero-order chi connectivity index (χ0) is 15.6. The summed E-state index contributed by atoms with van der Waals surface area (Å²) in [6, 6.07) is -0.330. The van der Waals surface area contributed by atoms with E-state index >= 15 is 0 Å². The molecule has 0 bridgehead atoms. The van der Waals surface area contributed by atoms with Gasteiger partial charge >= 0.3 is 12.2 Å². The quantitative estimate of drug-likeness (QED) is 0.930. The molecule has 1 heterocycles. The SMILES string of the molecule is CN(CC(C)(C)C)C(=O)NCc1nc(C(F)(F)F)cs1. The van der Waals surface area contributed by atoms with Gasteiger partial charge in [-0.05, 0) is 5.41 Å². The van der Waals surface area contributed by atoms with Gasteiger partial charge in [0.2, 0.25) is 0 Å². The number of carbonyl (C=O) groups is 1. The van der Waals surface area contributed by atoms with Gasteiger partial charge in [0.05, 0.1) is 6.54 Å². The number of halogens is 3. The van der Waals surface area contributed by atoms with Crippen molar-refractivity contribution in [1.29, 1.82) is 0 Å². The van der Waals surface area contributed by atoms with Gasteiger partial charge < -0.3 is 10.2 Å². The van der Waals surface area contributed by atoms with Crippen molar-refractivity contribution < 1.29 is 18.0 Å². The predicted octanol–water partition coefficient (Wildman–Crippen LogP) is 3.35. The minimum atomic E-state index is -4.44. The van der Waals surface area contributed by atoms with Gasteiger partial charge in [0.15, 0.2) is 5.69 Å². The van der Waals surface area contributed by atoms with Crippen LogP contribution in [-0.2, 0) is 12.7 Å². The first-order chi connectivity index (χ1) is 8.99. The van der Waals surface area contributed by atoms with Gasteiger partial charge in [-0.25, -0.2) is 9.78 Å². The summed E-state index contributed by atoms with van der Waals surface area (Å²) in [5.74, 6) is 0. The molecule has 0 atom stereocenters. The van der Waals surface area contributed by atoms with E-state index < -0.39 is 11.9 Å². The van der Waals surface area contributed by atoms with Crippen LogP contribution in [0.2, 0.25) is 0 Å². The number of hydrogen-bond donors (Lipinski definition) is 1. The lowest BCUT2D eigenvalue weighted by Crippen LogP contribution is -2.41. The van der Waals surface area contributed by atoms with Gasteiger partial charge in [-0.3, -0.25) is 0 Å². The number of thiazole rings is 1. The Bertz CT molecular complexity index is 465. The number of nitrogens with one attached hydrogen (secondary N) is 1. The van der Waals surface area contributed by atoms with Crippen LogP contribution in [0.5, 0.6) is 0 Å². The topological polar surface area (TPSA) is 45.2 Å². The molecule has 0 saturated carbocycles. The summed E-state index contributed by atoms with van der Waals surface area (Å²) >= 11 is 0.879. The van der Waals surface area contributed by atoms with E-state index in [1.165, 1.54) is 4.90 Å². The summed E-state index contributed by atoms with van der Waals surface area (Å²) in [5.41, 5.74) is -0.966. The van der Waals surface area contributed by atoms with E-state index in [0.717, 1.165) is 16.7 Å². The van der Waals surface area contributed by atoms with E-state index in [-0.39, 0.29) is 23.0 Å². The Morgan fingerprint density at radius 2 is 2.00 bits per heavy atom. The maximum absolute atomic E-state index is 12.4. The summed E-state index contributed by atoms with van der Waals surface area (Å²) in [4.78, 5) is 16.7. The van der Waals surface area contributed by atoms with Crippen molar-refractivity contribution in [2.45, 2.75) is 33.5 Å². The van der Waals surface area contributed by atoms with Crippen LogP contribution in [-0.4, -0.2) is 29.5 Å². The highest BCUT2D eigenvalue weighted by Crippen LogP contribution is 2.29. The number of urea groups is 1. The Labute approximate surface area is 120 Å². The van der Waals surface area contributed by atoms with E-state index in [1.54, 1.807) is 7.05 Å². The zero-order valence-corrected chi connectivity index (χ0v) is 12.7. The van der Waals surface area contributed by atoms with Crippen molar-refractivity contribution in [3.63, 3.8) is 0 Å². The van der Waals surface area contributed by atoms with Crippen LogP contribution in [0.3, 0.4) is 0 Å². The van der Waals surface area contributed by atoms with Crippen LogP contribution < -0.4 is 5.32 Å². The molecule has 0 aliphatic carbocycles. The lowest BCUT2D eigenvalue weighted by Gasteiger charge is -2.26. The van der Waals surface area contributed by atoms with Crippen molar-refractivity contribution in [2.75, 3.05) is 13.6 Å². The Hall–Kier alpha value is -1.31. The molecule has 0 aliphatic heterocycles. The third-order valence-corrected chi connectivity index (χ3v) is 3.14. The molecule has 0 fully saturated rings. The monoisotopic (exact) mass is 309 g/mol. The van der Waals surface area contributed by atoms with Crippen LogP contribution in [0, 0.1) is 5.41 Å². The Morgan fingerprint density at radius 3 is 2.45 bits per heavy atom. The number of aromatic nitrogens is 1. The molecular weight excluding hydrogens is 291 g/mol. The van der Waals surface area contributed by atoms with Crippen molar-refractivity contribution in [1.82, 2.24) is 15.2 Å². The van der Waals surface area contributed by atoms with Crippen LogP contribution in [0.25, 0.3) is 0 Å². The highest BCUT2D eigenvalue weighted by molar-refractivity contribution is 7.09. The predicted molar refractivity (Wildman–Crippen MR) is 71.4 cm³/mol. The number of rotatable bonds is 3. The molecular formula is C12H18F3N3OS. The average Bonchev–Trinajstić information content (AvgIpc) is 2.71. The third kappa shape index (κ3) is 5.36. The summed E-state index contributed by atoms with van der Waals surface area (Å²) < 4.78 is 37.1. The molecule has 1 rings (SSSR count).